The molecule has 1 aromatic heterocycles. The number of nitriles is 1. The molecule has 5 nitrogen and oxygen atoms in total. The topological polar surface area (TPSA) is 73.0 Å². The molecule has 0 radical (unpaired) electrons. The fourth-order valence-electron chi connectivity index (χ4n) is 2.27. The number of anilines is 1. The normalized spacial score (nSPS) is 18.6. The Bertz CT molecular complexity index is 489. The molecular formula is C12H13F3N4O. The molecule has 1 aliphatic heterocycles. The Kier molecular flexibility index (Phi) is 4.09. The number of rotatable bonds is 2. The molecule has 108 valence electrons. The third-order valence-electron chi connectivity index (χ3n) is 3.41. The van der Waals surface area contributed by atoms with Crippen molar-refractivity contribution in [2.24, 2.45) is 5.92 Å². The Labute approximate surface area is 113 Å². The van der Waals surface area contributed by atoms with Crippen LogP contribution in [0.1, 0.15) is 18.5 Å². The molecule has 1 fully saturated rings. The maximum atomic E-state index is 12.4. The van der Waals surface area contributed by atoms with E-state index < -0.39 is 18.2 Å². The van der Waals surface area contributed by atoms with E-state index in [9.17, 15) is 18.3 Å². The maximum absolute atomic E-state index is 12.4. The first-order valence-corrected chi connectivity index (χ1v) is 6.15. The SMILES string of the molecule is N#Cc1ccc(N2CCC(C(O)C(F)(F)F)CC2)nn1. The highest BCUT2D eigenvalue weighted by molar-refractivity contribution is 5.39. The lowest BCUT2D eigenvalue weighted by Gasteiger charge is -2.35. The van der Waals surface area contributed by atoms with E-state index in [1.165, 1.54) is 6.07 Å². The van der Waals surface area contributed by atoms with Gasteiger partial charge in [-0.1, -0.05) is 0 Å². The minimum Gasteiger partial charge on any atom is -0.383 e. The third kappa shape index (κ3) is 3.17. The monoisotopic (exact) mass is 286 g/mol. The summed E-state index contributed by atoms with van der Waals surface area (Å²) >= 11 is 0. The van der Waals surface area contributed by atoms with Crippen LogP contribution >= 0.6 is 0 Å². The zero-order valence-corrected chi connectivity index (χ0v) is 10.5. The number of piperidine rings is 1. The summed E-state index contributed by atoms with van der Waals surface area (Å²) < 4.78 is 37.3. The van der Waals surface area contributed by atoms with Crippen LogP contribution in [0.5, 0.6) is 0 Å². The molecule has 2 rings (SSSR count). The van der Waals surface area contributed by atoms with Gasteiger partial charge in [-0.3, -0.25) is 0 Å². The van der Waals surface area contributed by atoms with Crippen LogP contribution in [0.25, 0.3) is 0 Å². The van der Waals surface area contributed by atoms with Crippen molar-refractivity contribution in [2.45, 2.75) is 25.1 Å². The zero-order chi connectivity index (χ0) is 14.8. The van der Waals surface area contributed by atoms with Crippen LogP contribution < -0.4 is 4.90 Å². The van der Waals surface area contributed by atoms with E-state index in [1.807, 2.05) is 6.07 Å². The molecule has 0 amide bonds. The van der Waals surface area contributed by atoms with Gasteiger partial charge >= 0.3 is 6.18 Å². The second kappa shape index (κ2) is 5.63. The second-order valence-corrected chi connectivity index (χ2v) is 4.70. The Morgan fingerprint density at radius 1 is 1.30 bits per heavy atom. The van der Waals surface area contributed by atoms with Crippen molar-refractivity contribution in [3.63, 3.8) is 0 Å². The van der Waals surface area contributed by atoms with Crippen LogP contribution in [0.15, 0.2) is 12.1 Å². The van der Waals surface area contributed by atoms with Crippen molar-refractivity contribution in [3.8, 4) is 6.07 Å². The number of hydrogen-bond donors (Lipinski definition) is 1. The molecule has 1 unspecified atom stereocenters. The summed E-state index contributed by atoms with van der Waals surface area (Å²) in [5.74, 6) is -0.249. The molecule has 0 aromatic carbocycles. The molecule has 1 atom stereocenters. The number of aliphatic hydroxyl groups is 1. The molecule has 1 aliphatic rings. The van der Waals surface area contributed by atoms with E-state index in [4.69, 9.17) is 5.26 Å². The predicted octanol–water partition coefficient (Wildman–Crippen LogP) is 1.49. The predicted molar refractivity (Wildman–Crippen MR) is 63.7 cm³/mol. The average Bonchev–Trinajstić information content (AvgIpc) is 2.46. The zero-order valence-electron chi connectivity index (χ0n) is 10.5. The van der Waals surface area contributed by atoms with Crippen molar-refractivity contribution >= 4 is 5.82 Å². The largest absolute Gasteiger partial charge is 0.414 e. The smallest absolute Gasteiger partial charge is 0.383 e. The number of hydrogen-bond acceptors (Lipinski definition) is 5. The Balaban J connectivity index is 1.95. The Morgan fingerprint density at radius 2 is 1.95 bits per heavy atom. The molecule has 20 heavy (non-hydrogen) atoms. The van der Waals surface area contributed by atoms with Crippen molar-refractivity contribution in [1.29, 1.82) is 5.26 Å². The van der Waals surface area contributed by atoms with E-state index in [1.54, 1.807) is 11.0 Å². The molecule has 0 saturated carbocycles. The summed E-state index contributed by atoms with van der Waals surface area (Å²) in [7, 11) is 0. The summed E-state index contributed by atoms with van der Waals surface area (Å²) in [6.45, 7) is 0.747. The number of halogens is 3. The molecule has 1 N–H and O–H groups in total. The molecule has 1 aromatic rings. The standard InChI is InChI=1S/C12H13F3N4O/c13-12(14,15)11(20)8-3-5-19(6-4-8)10-2-1-9(7-16)17-18-10/h1-2,8,11,20H,3-6H2. The summed E-state index contributed by atoms with van der Waals surface area (Å²) in [6.07, 6.45) is -6.36. The second-order valence-electron chi connectivity index (χ2n) is 4.70. The lowest BCUT2D eigenvalue weighted by Crippen LogP contribution is -2.43. The molecule has 0 spiro atoms. The highest BCUT2D eigenvalue weighted by Crippen LogP contribution is 2.32. The van der Waals surface area contributed by atoms with E-state index in [2.05, 4.69) is 10.2 Å². The molecule has 0 aliphatic carbocycles. The van der Waals surface area contributed by atoms with Gasteiger partial charge in [-0.2, -0.15) is 18.4 Å². The van der Waals surface area contributed by atoms with Gasteiger partial charge in [-0.05, 0) is 30.9 Å². The van der Waals surface area contributed by atoms with Crippen molar-refractivity contribution in [3.05, 3.63) is 17.8 Å². The van der Waals surface area contributed by atoms with Crippen LogP contribution in [-0.2, 0) is 0 Å². The van der Waals surface area contributed by atoms with Gasteiger partial charge in [0.2, 0.25) is 0 Å². The molecule has 8 heteroatoms. The lowest BCUT2D eigenvalue weighted by atomic mass is 9.91. The van der Waals surface area contributed by atoms with Gasteiger partial charge in [-0.15, -0.1) is 10.2 Å². The van der Waals surface area contributed by atoms with Crippen LogP contribution in [-0.4, -0.2) is 40.7 Å². The van der Waals surface area contributed by atoms with E-state index in [0.717, 1.165) is 0 Å². The minimum atomic E-state index is -4.57. The third-order valence-corrected chi connectivity index (χ3v) is 3.41. The molecule has 1 saturated heterocycles. The van der Waals surface area contributed by atoms with Gasteiger partial charge in [0.05, 0.1) is 0 Å². The van der Waals surface area contributed by atoms with Gasteiger partial charge in [0.1, 0.15) is 6.07 Å². The molecule has 2 heterocycles. The summed E-state index contributed by atoms with van der Waals surface area (Å²) in [5.41, 5.74) is 0.191. The van der Waals surface area contributed by atoms with Gasteiger partial charge in [0, 0.05) is 13.1 Å². The van der Waals surface area contributed by atoms with Crippen molar-refractivity contribution < 1.29 is 18.3 Å². The number of aliphatic hydroxyl groups excluding tert-OH is 1. The van der Waals surface area contributed by atoms with Gasteiger partial charge < -0.3 is 10.0 Å². The first-order chi connectivity index (χ1) is 9.41. The fraction of sp³-hybridized carbons (Fsp3) is 0.583. The first kappa shape index (κ1) is 14.5. The maximum Gasteiger partial charge on any atom is 0.414 e. The van der Waals surface area contributed by atoms with Crippen LogP contribution in [0.3, 0.4) is 0 Å². The van der Waals surface area contributed by atoms with Crippen LogP contribution in [0.4, 0.5) is 19.0 Å². The van der Waals surface area contributed by atoms with Gasteiger partial charge in [0.15, 0.2) is 17.6 Å². The summed E-state index contributed by atoms with van der Waals surface area (Å²) in [6, 6.07) is 4.98. The van der Waals surface area contributed by atoms with Crippen LogP contribution in [0, 0.1) is 17.2 Å². The lowest BCUT2D eigenvalue weighted by molar-refractivity contribution is -0.221. The highest BCUT2D eigenvalue weighted by atomic mass is 19.4. The van der Waals surface area contributed by atoms with Crippen molar-refractivity contribution in [2.75, 3.05) is 18.0 Å². The quantitative estimate of drug-likeness (QED) is 0.891. The van der Waals surface area contributed by atoms with E-state index in [0.29, 0.717) is 18.9 Å². The van der Waals surface area contributed by atoms with Gasteiger partial charge in [0.25, 0.3) is 0 Å². The minimum absolute atomic E-state index is 0.191. The molecule has 0 bridgehead atoms. The van der Waals surface area contributed by atoms with Crippen molar-refractivity contribution in [1.82, 2.24) is 10.2 Å². The van der Waals surface area contributed by atoms with Gasteiger partial charge in [-0.25, -0.2) is 0 Å². The summed E-state index contributed by atoms with van der Waals surface area (Å²) in [4.78, 5) is 1.80. The number of alkyl halides is 3. The number of nitrogens with zero attached hydrogens (tertiary/aromatic N) is 4. The Hall–Kier alpha value is -1.88. The average molecular weight is 286 g/mol. The Morgan fingerprint density at radius 3 is 2.40 bits per heavy atom. The van der Waals surface area contributed by atoms with Crippen LogP contribution in [0.2, 0.25) is 0 Å². The first-order valence-electron chi connectivity index (χ1n) is 6.15. The molecular weight excluding hydrogens is 273 g/mol. The number of aromatic nitrogens is 2. The fourth-order valence-corrected chi connectivity index (χ4v) is 2.27. The van der Waals surface area contributed by atoms with E-state index >= 15 is 0 Å². The van der Waals surface area contributed by atoms with E-state index in [-0.39, 0.29) is 18.5 Å². The summed E-state index contributed by atoms with van der Waals surface area (Å²) in [5, 5.41) is 25.4. The highest BCUT2D eigenvalue weighted by Gasteiger charge is 2.44.